The maximum atomic E-state index is 12.8. The number of hydrogen-bond acceptors (Lipinski definition) is 6. The molecule has 0 aliphatic heterocycles. The van der Waals surface area contributed by atoms with Crippen molar-refractivity contribution >= 4 is 17.9 Å². The van der Waals surface area contributed by atoms with Gasteiger partial charge < -0.3 is 14.2 Å². The third-order valence-corrected chi connectivity index (χ3v) is 11.9. The van der Waals surface area contributed by atoms with Crippen LogP contribution >= 0.6 is 0 Å². The van der Waals surface area contributed by atoms with Gasteiger partial charge in [-0.2, -0.15) is 0 Å². The van der Waals surface area contributed by atoms with Crippen molar-refractivity contribution in [2.45, 2.75) is 258 Å². The Morgan fingerprint density at radius 2 is 0.577 bits per heavy atom. The highest BCUT2D eigenvalue weighted by Gasteiger charge is 2.19. The van der Waals surface area contributed by atoms with Gasteiger partial charge in [0.15, 0.2) is 6.10 Å². The molecule has 1 atom stereocenters. The van der Waals surface area contributed by atoms with Crippen molar-refractivity contribution in [1.29, 1.82) is 0 Å². The molecule has 0 bridgehead atoms. The van der Waals surface area contributed by atoms with Crippen LogP contribution < -0.4 is 0 Å². The molecule has 0 rings (SSSR count). The number of rotatable bonds is 51. The van der Waals surface area contributed by atoms with Crippen LogP contribution in [0.25, 0.3) is 0 Å². The van der Waals surface area contributed by atoms with Crippen molar-refractivity contribution in [1.82, 2.24) is 0 Å². The quantitative estimate of drug-likeness (QED) is 0.0261. The molecule has 0 amide bonds. The van der Waals surface area contributed by atoms with E-state index in [-0.39, 0.29) is 31.6 Å². The Morgan fingerprint density at radius 1 is 0.296 bits per heavy atom. The van der Waals surface area contributed by atoms with Crippen LogP contribution in [0.5, 0.6) is 0 Å². The number of unbranched alkanes of at least 4 members (excludes halogenated alkanes) is 20. The van der Waals surface area contributed by atoms with Gasteiger partial charge in [0.1, 0.15) is 13.2 Å². The third-order valence-electron chi connectivity index (χ3n) is 11.9. The van der Waals surface area contributed by atoms with E-state index in [4.69, 9.17) is 14.2 Å². The molecule has 0 saturated carbocycles. The Morgan fingerprint density at radius 3 is 0.930 bits per heavy atom. The molecule has 0 unspecified atom stereocenters. The molecule has 0 N–H and O–H groups in total. The fourth-order valence-electron chi connectivity index (χ4n) is 7.65. The minimum atomic E-state index is -0.830. The molecule has 0 spiro atoms. The summed E-state index contributed by atoms with van der Waals surface area (Å²) in [4.78, 5) is 38.2. The van der Waals surface area contributed by atoms with Gasteiger partial charge in [0.2, 0.25) is 0 Å². The second kappa shape index (κ2) is 58.4. The molecule has 402 valence electrons. The van der Waals surface area contributed by atoms with Gasteiger partial charge in [-0.15, -0.1) is 0 Å². The average molecular weight is 984 g/mol. The molecule has 6 heteroatoms. The molecule has 0 aromatic rings. The van der Waals surface area contributed by atoms with E-state index in [0.29, 0.717) is 19.3 Å². The summed E-state index contributed by atoms with van der Waals surface area (Å²) >= 11 is 0. The summed E-state index contributed by atoms with van der Waals surface area (Å²) in [5.41, 5.74) is 0. The minimum Gasteiger partial charge on any atom is -0.462 e. The Kier molecular flexibility index (Phi) is 54.9. The van der Waals surface area contributed by atoms with E-state index in [1.807, 2.05) is 12.2 Å². The molecule has 0 aromatic carbocycles. The van der Waals surface area contributed by atoms with E-state index in [9.17, 15) is 14.4 Å². The van der Waals surface area contributed by atoms with Crippen molar-refractivity contribution in [3.8, 4) is 0 Å². The summed E-state index contributed by atoms with van der Waals surface area (Å²) in [6.45, 7) is 6.33. The van der Waals surface area contributed by atoms with Gasteiger partial charge in [-0.3, -0.25) is 14.4 Å². The Bertz CT molecular complexity index is 1500. The van der Waals surface area contributed by atoms with Crippen LogP contribution in [0.3, 0.4) is 0 Å². The highest BCUT2D eigenvalue weighted by molar-refractivity contribution is 5.71. The van der Waals surface area contributed by atoms with Gasteiger partial charge in [0.05, 0.1) is 0 Å². The molecule has 0 aliphatic rings. The largest absolute Gasteiger partial charge is 0.462 e. The number of carbonyl (C=O) groups excluding carboxylic acids is 3. The monoisotopic (exact) mass is 983 g/mol. The summed E-state index contributed by atoms with van der Waals surface area (Å²) < 4.78 is 16.8. The zero-order valence-corrected chi connectivity index (χ0v) is 45.9. The van der Waals surface area contributed by atoms with Gasteiger partial charge in [-0.1, -0.05) is 239 Å². The summed E-state index contributed by atoms with van der Waals surface area (Å²) in [5, 5.41) is 0. The van der Waals surface area contributed by atoms with Crippen molar-refractivity contribution in [3.63, 3.8) is 0 Å². The Labute approximate surface area is 437 Å². The zero-order chi connectivity index (χ0) is 51.4. The van der Waals surface area contributed by atoms with Gasteiger partial charge in [0, 0.05) is 19.3 Å². The number of hydrogen-bond donors (Lipinski definition) is 0. The van der Waals surface area contributed by atoms with Crippen LogP contribution in [0.15, 0.2) is 122 Å². The number of carbonyl (C=O) groups is 3. The van der Waals surface area contributed by atoms with Crippen LogP contribution in [0.1, 0.15) is 252 Å². The maximum Gasteiger partial charge on any atom is 0.306 e. The predicted octanol–water partition coefficient (Wildman–Crippen LogP) is 19.6. The smallest absolute Gasteiger partial charge is 0.306 e. The molecule has 0 saturated heterocycles. The van der Waals surface area contributed by atoms with Crippen LogP contribution in [-0.4, -0.2) is 37.2 Å². The van der Waals surface area contributed by atoms with Crippen molar-refractivity contribution in [2.24, 2.45) is 0 Å². The fourth-order valence-corrected chi connectivity index (χ4v) is 7.65. The first kappa shape index (κ1) is 66.8. The lowest BCUT2D eigenvalue weighted by Gasteiger charge is -2.18. The lowest BCUT2D eigenvalue weighted by Crippen LogP contribution is -2.30. The first-order chi connectivity index (χ1) is 35.0. The third kappa shape index (κ3) is 56.6. The Balaban J connectivity index is 4.53. The first-order valence-electron chi connectivity index (χ1n) is 29.0. The molecule has 0 fully saturated rings. The highest BCUT2D eigenvalue weighted by Crippen LogP contribution is 2.14. The molecule has 71 heavy (non-hydrogen) atoms. The zero-order valence-electron chi connectivity index (χ0n) is 45.9. The summed E-state index contributed by atoms with van der Waals surface area (Å²) in [7, 11) is 0. The lowest BCUT2D eigenvalue weighted by atomic mass is 10.1. The fraction of sp³-hybridized carbons (Fsp3) is 0.646. The summed E-state index contributed by atoms with van der Waals surface area (Å²) in [6, 6.07) is 0. The second-order valence-corrected chi connectivity index (χ2v) is 18.8. The summed E-state index contributed by atoms with van der Waals surface area (Å²) in [5.74, 6) is -1.02. The highest BCUT2D eigenvalue weighted by atomic mass is 16.6. The number of allylic oxidation sites excluding steroid dienone is 20. The average Bonchev–Trinajstić information content (AvgIpc) is 3.37. The van der Waals surface area contributed by atoms with E-state index in [2.05, 4.69) is 130 Å². The second-order valence-electron chi connectivity index (χ2n) is 18.8. The van der Waals surface area contributed by atoms with Crippen molar-refractivity contribution in [3.05, 3.63) is 122 Å². The molecular weight excluding hydrogens is 877 g/mol. The SMILES string of the molecule is CC/C=C\C/C=C\C/C=C\C/C=C\C/C=C\C/C=C\CCC(=O)O[C@H](COC(=O)CCCCCCC/C=C\C/C=C\C/C=C\CC)COC(=O)CCCCCCCCCCC/C=C\CCCCCCCC. The predicted molar refractivity (Wildman–Crippen MR) is 306 cm³/mol. The van der Waals surface area contributed by atoms with Crippen LogP contribution in [0.2, 0.25) is 0 Å². The minimum absolute atomic E-state index is 0.117. The van der Waals surface area contributed by atoms with E-state index < -0.39 is 12.1 Å². The molecule has 0 aliphatic carbocycles. The Hall–Kier alpha value is -4.19. The molecule has 0 radical (unpaired) electrons. The normalized spacial score (nSPS) is 13.0. The lowest BCUT2D eigenvalue weighted by molar-refractivity contribution is -0.166. The van der Waals surface area contributed by atoms with Gasteiger partial charge in [0.25, 0.3) is 0 Å². The van der Waals surface area contributed by atoms with Crippen molar-refractivity contribution < 1.29 is 28.6 Å². The molecule has 0 heterocycles. The molecule has 0 aromatic heterocycles. The maximum absolute atomic E-state index is 12.8. The van der Waals surface area contributed by atoms with E-state index in [1.54, 1.807) is 0 Å². The van der Waals surface area contributed by atoms with Crippen LogP contribution in [0.4, 0.5) is 0 Å². The topological polar surface area (TPSA) is 78.9 Å². The van der Waals surface area contributed by atoms with Crippen LogP contribution in [-0.2, 0) is 28.6 Å². The van der Waals surface area contributed by atoms with Gasteiger partial charge in [-0.05, 0) is 116 Å². The standard InChI is InChI=1S/C65H106O6/c1-4-7-10-13-16-19-22-25-28-30-32-34-37-40-43-46-49-52-55-58-64(67)70-61-62(60-69-63(66)57-54-51-48-45-42-39-36-27-24-21-18-15-12-9-6-3)71-65(68)59-56-53-50-47-44-41-38-35-33-31-29-26-23-20-17-14-11-8-5-2/h8-9,11-12,17-18,20-21,25-29,33,35-36,41,44,50,53,62H,4-7,10,13-16,19,22-24,30-32,34,37-40,42-43,45-49,51-52,54-61H2,1-3H3/b11-8-,12-9-,20-17-,21-18-,28-25-,29-26-,35-33-,36-27-,44-41-,53-50-/t62-/m1/s1. The number of esters is 3. The van der Waals surface area contributed by atoms with Crippen LogP contribution in [0, 0.1) is 0 Å². The molecule has 6 nitrogen and oxygen atoms in total. The molecular formula is C65H106O6. The van der Waals surface area contributed by atoms with E-state index in [1.165, 1.54) is 89.9 Å². The van der Waals surface area contributed by atoms with Gasteiger partial charge in [-0.25, -0.2) is 0 Å². The van der Waals surface area contributed by atoms with E-state index >= 15 is 0 Å². The first-order valence-corrected chi connectivity index (χ1v) is 29.0. The number of ether oxygens (including phenoxy) is 3. The van der Waals surface area contributed by atoms with Crippen molar-refractivity contribution in [2.75, 3.05) is 13.2 Å². The van der Waals surface area contributed by atoms with E-state index in [0.717, 1.165) is 116 Å². The summed E-state index contributed by atoms with van der Waals surface area (Å²) in [6.07, 6.45) is 80.6. The van der Waals surface area contributed by atoms with Gasteiger partial charge >= 0.3 is 17.9 Å².